The molecule has 3 amide bonds. The molecule has 0 spiro atoms. The lowest BCUT2D eigenvalue weighted by Gasteiger charge is -2.16. The molecule has 1 atom stereocenters. The number of anilines is 2. The summed E-state index contributed by atoms with van der Waals surface area (Å²) in [6.07, 6.45) is 2.28. The van der Waals surface area contributed by atoms with Crippen LogP contribution in [0.4, 0.5) is 11.4 Å². The van der Waals surface area contributed by atoms with Crippen molar-refractivity contribution in [2.75, 3.05) is 10.6 Å². The van der Waals surface area contributed by atoms with E-state index in [4.69, 9.17) is 0 Å². The molecule has 0 bridgehead atoms. The lowest BCUT2D eigenvalue weighted by Crippen LogP contribution is -2.30. The molecule has 7 heteroatoms. The van der Waals surface area contributed by atoms with E-state index in [0.29, 0.717) is 17.7 Å². The van der Waals surface area contributed by atoms with Crippen LogP contribution in [0.2, 0.25) is 0 Å². The van der Waals surface area contributed by atoms with Crippen molar-refractivity contribution in [3.05, 3.63) is 156 Å². The van der Waals surface area contributed by atoms with E-state index in [-0.39, 0.29) is 16.9 Å². The van der Waals surface area contributed by atoms with Gasteiger partial charge in [0.1, 0.15) is 5.70 Å². The highest BCUT2D eigenvalue weighted by molar-refractivity contribution is 8.00. The zero-order chi connectivity index (χ0) is 32.3. The molecular formula is C39H35N3O3S. The number of amides is 3. The van der Waals surface area contributed by atoms with Crippen molar-refractivity contribution in [2.45, 2.75) is 30.4 Å². The fourth-order valence-corrected chi connectivity index (χ4v) is 5.80. The first-order valence-corrected chi connectivity index (χ1v) is 15.9. The normalized spacial score (nSPS) is 11.7. The standard InChI is InChI=1S/C39H35N3O3S/c1-3-36(39(45)41-32-17-10-12-27(2)24-32)46-34-19-11-18-33(26-34)40-38(44)35(42-37(43)31-15-8-5-9-16-31)25-28-20-22-30(23-21-28)29-13-6-4-7-14-29/h4-26,36H,3H2,1-2H3,(H,40,44)(H,41,45)(H,42,43)/b35-25+. The Morgan fingerprint density at radius 1 is 0.696 bits per heavy atom. The first-order valence-electron chi connectivity index (χ1n) is 15.1. The van der Waals surface area contributed by atoms with E-state index < -0.39 is 11.8 Å². The molecule has 0 radical (unpaired) electrons. The molecule has 5 aromatic carbocycles. The van der Waals surface area contributed by atoms with Gasteiger partial charge in [-0.3, -0.25) is 14.4 Å². The summed E-state index contributed by atoms with van der Waals surface area (Å²) in [5, 5.41) is 8.40. The van der Waals surface area contributed by atoms with Gasteiger partial charge in [-0.15, -0.1) is 11.8 Å². The number of hydrogen-bond donors (Lipinski definition) is 3. The Morgan fingerprint density at radius 2 is 1.33 bits per heavy atom. The average molecular weight is 626 g/mol. The molecule has 46 heavy (non-hydrogen) atoms. The minimum atomic E-state index is -0.470. The summed E-state index contributed by atoms with van der Waals surface area (Å²) in [6.45, 7) is 3.95. The Kier molecular flexibility index (Phi) is 10.8. The summed E-state index contributed by atoms with van der Waals surface area (Å²) < 4.78 is 0. The summed E-state index contributed by atoms with van der Waals surface area (Å²) in [7, 11) is 0. The Hall–Kier alpha value is -5.40. The Morgan fingerprint density at radius 3 is 2.00 bits per heavy atom. The van der Waals surface area contributed by atoms with E-state index in [1.54, 1.807) is 36.4 Å². The average Bonchev–Trinajstić information content (AvgIpc) is 3.08. The first-order chi connectivity index (χ1) is 22.4. The third-order valence-corrected chi connectivity index (χ3v) is 8.53. The van der Waals surface area contributed by atoms with Crippen LogP contribution in [0.5, 0.6) is 0 Å². The molecule has 0 saturated carbocycles. The third-order valence-electron chi connectivity index (χ3n) is 7.18. The molecule has 6 nitrogen and oxygen atoms in total. The molecule has 1 unspecified atom stereocenters. The maximum atomic E-state index is 13.6. The summed E-state index contributed by atoms with van der Waals surface area (Å²) >= 11 is 1.43. The Bertz CT molecular complexity index is 1840. The van der Waals surface area contributed by atoms with Crippen LogP contribution in [0.25, 0.3) is 17.2 Å². The Labute approximate surface area is 274 Å². The molecule has 0 aliphatic heterocycles. The highest BCUT2D eigenvalue weighted by Gasteiger charge is 2.19. The quantitative estimate of drug-likeness (QED) is 0.101. The monoisotopic (exact) mass is 625 g/mol. The molecule has 0 saturated heterocycles. The minimum Gasteiger partial charge on any atom is -0.325 e. The Balaban J connectivity index is 1.33. The van der Waals surface area contributed by atoms with Crippen molar-refractivity contribution in [1.82, 2.24) is 5.32 Å². The second kappa shape index (κ2) is 15.5. The van der Waals surface area contributed by atoms with E-state index in [2.05, 4.69) is 16.0 Å². The van der Waals surface area contributed by atoms with E-state index in [1.807, 2.05) is 117 Å². The third kappa shape index (κ3) is 8.83. The molecule has 0 aromatic heterocycles. The van der Waals surface area contributed by atoms with E-state index in [1.165, 1.54) is 11.8 Å². The number of aryl methyl sites for hydroxylation is 1. The lowest BCUT2D eigenvalue weighted by atomic mass is 10.0. The number of thioether (sulfide) groups is 1. The molecule has 0 aliphatic carbocycles. The predicted octanol–water partition coefficient (Wildman–Crippen LogP) is 8.58. The molecule has 0 aliphatic rings. The van der Waals surface area contributed by atoms with E-state index >= 15 is 0 Å². The largest absolute Gasteiger partial charge is 0.325 e. The molecule has 230 valence electrons. The van der Waals surface area contributed by atoms with Crippen molar-refractivity contribution in [2.24, 2.45) is 0 Å². The lowest BCUT2D eigenvalue weighted by molar-refractivity contribution is -0.116. The SMILES string of the molecule is CCC(Sc1cccc(NC(=O)/C(=C\c2ccc(-c3ccccc3)cc2)NC(=O)c2ccccc2)c1)C(=O)Nc1cccc(C)c1. The second-order valence-electron chi connectivity index (χ2n) is 10.7. The van der Waals surface area contributed by atoms with Crippen LogP contribution in [-0.2, 0) is 9.59 Å². The number of rotatable bonds is 11. The van der Waals surface area contributed by atoms with Crippen molar-refractivity contribution >= 4 is 46.9 Å². The zero-order valence-electron chi connectivity index (χ0n) is 25.7. The number of nitrogens with one attached hydrogen (secondary N) is 3. The van der Waals surface area contributed by atoms with Crippen molar-refractivity contribution in [3.63, 3.8) is 0 Å². The van der Waals surface area contributed by atoms with Crippen LogP contribution in [0.15, 0.2) is 144 Å². The van der Waals surface area contributed by atoms with Gasteiger partial charge >= 0.3 is 0 Å². The zero-order valence-corrected chi connectivity index (χ0v) is 26.5. The highest BCUT2D eigenvalue weighted by Crippen LogP contribution is 2.29. The van der Waals surface area contributed by atoms with Crippen LogP contribution in [0.3, 0.4) is 0 Å². The summed E-state index contributed by atoms with van der Waals surface area (Å²) in [5.41, 5.74) is 5.80. The fraction of sp³-hybridized carbons (Fsp3) is 0.103. The van der Waals surface area contributed by atoms with Gasteiger partial charge in [0.25, 0.3) is 11.8 Å². The van der Waals surface area contributed by atoms with Gasteiger partial charge in [-0.05, 0) is 84.1 Å². The van der Waals surface area contributed by atoms with Gasteiger partial charge in [0, 0.05) is 21.8 Å². The minimum absolute atomic E-state index is 0.0836. The van der Waals surface area contributed by atoms with Gasteiger partial charge < -0.3 is 16.0 Å². The molecular weight excluding hydrogens is 591 g/mol. The van der Waals surface area contributed by atoms with Crippen molar-refractivity contribution in [3.8, 4) is 11.1 Å². The van der Waals surface area contributed by atoms with Crippen LogP contribution in [-0.4, -0.2) is 23.0 Å². The van der Waals surface area contributed by atoms with Gasteiger partial charge in [0.2, 0.25) is 5.91 Å². The smallest absolute Gasteiger partial charge is 0.272 e. The van der Waals surface area contributed by atoms with Crippen LogP contribution in [0, 0.1) is 6.92 Å². The van der Waals surface area contributed by atoms with Crippen molar-refractivity contribution < 1.29 is 14.4 Å². The predicted molar refractivity (Wildman–Crippen MR) is 189 cm³/mol. The molecule has 5 rings (SSSR count). The fourth-order valence-electron chi connectivity index (χ4n) is 4.79. The van der Waals surface area contributed by atoms with Gasteiger partial charge in [-0.2, -0.15) is 0 Å². The maximum Gasteiger partial charge on any atom is 0.272 e. The molecule has 5 aromatic rings. The number of benzene rings is 5. The first kappa shape index (κ1) is 32.0. The molecule has 0 fully saturated rings. The van der Waals surface area contributed by atoms with Crippen molar-refractivity contribution in [1.29, 1.82) is 0 Å². The highest BCUT2D eigenvalue weighted by atomic mass is 32.2. The molecule has 3 N–H and O–H groups in total. The van der Waals surface area contributed by atoms with E-state index in [9.17, 15) is 14.4 Å². The van der Waals surface area contributed by atoms with Crippen LogP contribution in [0.1, 0.15) is 34.8 Å². The molecule has 0 heterocycles. The van der Waals surface area contributed by atoms with Crippen LogP contribution >= 0.6 is 11.8 Å². The number of carbonyl (C=O) groups is 3. The van der Waals surface area contributed by atoms with Gasteiger partial charge in [-0.1, -0.05) is 97.9 Å². The maximum absolute atomic E-state index is 13.6. The number of carbonyl (C=O) groups excluding carboxylic acids is 3. The van der Waals surface area contributed by atoms with Gasteiger partial charge in [0.05, 0.1) is 5.25 Å². The second-order valence-corrected chi connectivity index (χ2v) is 12.0. The van der Waals surface area contributed by atoms with Gasteiger partial charge in [0.15, 0.2) is 0 Å². The summed E-state index contributed by atoms with van der Waals surface area (Å²) in [5.74, 6) is -0.944. The van der Waals surface area contributed by atoms with Crippen LogP contribution < -0.4 is 16.0 Å². The van der Waals surface area contributed by atoms with E-state index in [0.717, 1.165) is 32.8 Å². The summed E-state index contributed by atoms with van der Waals surface area (Å²) in [6, 6.07) is 41.6. The number of hydrogen-bond acceptors (Lipinski definition) is 4. The topological polar surface area (TPSA) is 87.3 Å². The summed E-state index contributed by atoms with van der Waals surface area (Å²) in [4.78, 5) is 40.6. The van der Waals surface area contributed by atoms with Gasteiger partial charge in [-0.25, -0.2) is 0 Å².